The summed E-state index contributed by atoms with van der Waals surface area (Å²) in [5.74, 6) is 0.259. The van der Waals surface area contributed by atoms with Crippen LogP contribution in [-0.2, 0) is 4.74 Å². The maximum absolute atomic E-state index is 13.4. The molecular weight excluding hydrogens is 291 g/mol. The molecule has 3 nitrogen and oxygen atoms in total. The number of nitrogens with one attached hydrogen (secondary N) is 1. The molecule has 1 aromatic carbocycles. The molecule has 0 spiro atoms. The molecule has 2 fully saturated rings. The topological polar surface area (TPSA) is 24.5 Å². The molecule has 0 radical (unpaired) electrons. The Morgan fingerprint density at radius 1 is 1.24 bits per heavy atom. The largest absolute Gasteiger partial charge is 0.381 e. The molecular formula is C16H22ClFN2O. The Morgan fingerprint density at radius 3 is 2.62 bits per heavy atom. The number of rotatable bonds is 3. The highest BCUT2D eigenvalue weighted by molar-refractivity contribution is 6.31. The van der Waals surface area contributed by atoms with E-state index in [1.165, 1.54) is 12.1 Å². The third kappa shape index (κ3) is 3.57. The van der Waals surface area contributed by atoms with Gasteiger partial charge in [-0.15, -0.1) is 0 Å². The fourth-order valence-corrected chi connectivity index (χ4v) is 3.76. The van der Waals surface area contributed by atoms with Crippen LogP contribution in [0.2, 0.25) is 5.02 Å². The molecule has 1 N–H and O–H groups in total. The summed E-state index contributed by atoms with van der Waals surface area (Å²) in [6.07, 6.45) is 2.09. The van der Waals surface area contributed by atoms with Crippen LogP contribution < -0.4 is 5.32 Å². The second-order valence-corrected chi connectivity index (χ2v) is 6.25. The fourth-order valence-electron chi connectivity index (χ4n) is 3.48. The van der Waals surface area contributed by atoms with Crippen molar-refractivity contribution in [3.8, 4) is 0 Å². The van der Waals surface area contributed by atoms with E-state index in [2.05, 4.69) is 10.2 Å². The van der Waals surface area contributed by atoms with Crippen molar-refractivity contribution in [3.05, 3.63) is 34.6 Å². The average Bonchev–Trinajstić information content (AvgIpc) is 2.52. The molecule has 0 saturated carbocycles. The Bertz CT molecular complexity index is 455. The molecule has 0 unspecified atom stereocenters. The highest BCUT2D eigenvalue weighted by atomic mass is 35.5. The van der Waals surface area contributed by atoms with E-state index in [9.17, 15) is 4.39 Å². The van der Waals surface area contributed by atoms with E-state index in [0.29, 0.717) is 10.9 Å². The lowest BCUT2D eigenvalue weighted by molar-refractivity contribution is 0.0213. The van der Waals surface area contributed by atoms with Crippen LogP contribution in [0, 0.1) is 11.7 Å². The van der Waals surface area contributed by atoms with E-state index in [1.807, 2.05) is 6.07 Å². The van der Waals surface area contributed by atoms with E-state index < -0.39 is 0 Å². The second-order valence-electron chi connectivity index (χ2n) is 5.85. The van der Waals surface area contributed by atoms with Crippen molar-refractivity contribution in [3.63, 3.8) is 0 Å². The zero-order chi connectivity index (χ0) is 14.7. The number of hydrogen-bond donors (Lipinski definition) is 1. The molecule has 0 amide bonds. The first-order valence-corrected chi connectivity index (χ1v) is 8.11. The second kappa shape index (κ2) is 7.05. The summed E-state index contributed by atoms with van der Waals surface area (Å²) in [6.45, 7) is 5.64. The lowest BCUT2D eigenvalue weighted by Crippen LogP contribution is -2.47. The van der Waals surface area contributed by atoms with E-state index in [0.717, 1.165) is 57.8 Å². The monoisotopic (exact) mass is 312 g/mol. The van der Waals surface area contributed by atoms with Gasteiger partial charge in [0.25, 0.3) is 0 Å². The van der Waals surface area contributed by atoms with Crippen molar-refractivity contribution in [1.82, 2.24) is 10.2 Å². The highest BCUT2D eigenvalue weighted by Crippen LogP contribution is 2.38. The molecule has 1 aromatic rings. The minimum Gasteiger partial charge on any atom is -0.381 e. The van der Waals surface area contributed by atoms with Crippen molar-refractivity contribution in [2.75, 3.05) is 39.4 Å². The van der Waals surface area contributed by atoms with Gasteiger partial charge in [-0.25, -0.2) is 4.39 Å². The standard InChI is InChI=1S/C16H22ClFN2O/c17-15-11-13(18)1-2-14(15)16(12-3-9-21-10-4-12)20-7-5-19-6-8-20/h1-2,11-12,16,19H,3-10H2/t16-/m1/s1. The zero-order valence-corrected chi connectivity index (χ0v) is 12.9. The van der Waals surface area contributed by atoms with Gasteiger partial charge in [0.05, 0.1) is 0 Å². The maximum atomic E-state index is 13.4. The number of benzene rings is 1. The Hall–Kier alpha value is -0.680. The van der Waals surface area contributed by atoms with Crippen molar-refractivity contribution in [1.29, 1.82) is 0 Å². The van der Waals surface area contributed by atoms with Crippen molar-refractivity contribution in [2.45, 2.75) is 18.9 Å². The third-order valence-corrected chi connectivity index (χ3v) is 4.87. The summed E-state index contributed by atoms with van der Waals surface area (Å²) in [6, 6.07) is 5.09. The molecule has 1 atom stereocenters. The van der Waals surface area contributed by atoms with Gasteiger partial charge >= 0.3 is 0 Å². The lowest BCUT2D eigenvalue weighted by atomic mass is 9.85. The molecule has 2 aliphatic heterocycles. The maximum Gasteiger partial charge on any atom is 0.124 e. The van der Waals surface area contributed by atoms with Gasteiger partial charge in [-0.1, -0.05) is 17.7 Å². The smallest absolute Gasteiger partial charge is 0.124 e. The first-order chi connectivity index (χ1) is 10.3. The Kier molecular flexibility index (Phi) is 5.11. The van der Waals surface area contributed by atoms with Crippen LogP contribution in [0.1, 0.15) is 24.4 Å². The number of halogens is 2. The van der Waals surface area contributed by atoms with Gasteiger partial charge in [-0.3, -0.25) is 4.90 Å². The van der Waals surface area contributed by atoms with Crippen molar-refractivity contribution in [2.24, 2.45) is 5.92 Å². The Balaban J connectivity index is 1.89. The van der Waals surface area contributed by atoms with Crippen LogP contribution in [0.5, 0.6) is 0 Å². The van der Waals surface area contributed by atoms with Gasteiger partial charge in [0.1, 0.15) is 5.82 Å². The quantitative estimate of drug-likeness (QED) is 0.929. The third-order valence-electron chi connectivity index (χ3n) is 4.54. The van der Waals surface area contributed by atoms with Crippen LogP contribution in [0.25, 0.3) is 0 Å². The highest BCUT2D eigenvalue weighted by Gasteiger charge is 2.32. The van der Waals surface area contributed by atoms with Crippen LogP contribution in [-0.4, -0.2) is 44.3 Å². The SMILES string of the molecule is Fc1ccc([C@@H](C2CCOCC2)N2CCNCC2)c(Cl)c1. The van der Waals surface area contributed by atoms with Gasteiger partial charge in [-0.2, -0.15) is 0 Å². The summed E-state index contributed by atoms with van der Waals surface area (Å²) in [7, 11) is 0. The molecule has 0 bridgehead atoms. The molecule has 0 aliphatic carbocycles. The summed E-state index contributed by atoms with van der Waals surface area (Å²) >= 11 is 6.35. The summed E-state index contributed by atoms with van der Waals surface area (Å²) < 4.78 is 18.9. The van der Waals surface area contributed by atoms with Crippen LogP contribution in [0.4, 0.5) is 4.39 Å². The zero-order valence-electron chi connectivity index (χ0n) is 12.2. The van der Waals surface area contributed by atoms with Crippen LogP contribution in [0.15, 0.2) is 18.2 Å². The minimum atomic E-state index is -0.269. The Morgan fingerprint density at radius 2 is 1.95 bits per heavy atom. The van der Waals surface area contributed by atoms with E-state index in [-0.39, 0.29) is 11.9 Å². The summed E-state index contributed by atoms with van der Waals surface area (Å²) in [4.78, 5) is 2.49. The van der Waals surface area contributed by atoms with Gasteiger partial charge in [0.15, 0.2) is 0 Å². The predicted molar refractivity (Wildman–Crippen MR) is 82.1 cm³/mol. The summed E-state index contributed by atoms with van der Waals surface area (Å²) in [5, 5.41) is 3.93. The molecule has 2 aliphatic rings. The number of ether oxygens (including phenoxy) is 1. The van der Waals surface area contributed by atoms with Crippen LogP contribution >= 0.6 is 11.6 Å². The molecule has 116 valence electrons. The number of nitrogens with zero attached hydrogens (tertiary/aromatic N) is 1. The van der Waals surface area contributed by atoms with Gasteiger partial charge in [0, 0.05) is 50.5 Å². The lowest BCUT2D eigenvalue weighted by Gasteiger charge is -2.41. The molecule has 5 heteroatoms. The normalized spacial score (nSPS) is 23.1. The Labute approximate surface area is 130 Å². The molecule has 2 saturated heterocycles. The molecule has 2 heterocycles. The fraction of sp³-hybridized carbons (Fsp3) is 0.625. The predicted octanol–water partition coefficient (Wildman–Crippen LogP) is 2.85. The number of piperazine rings is 1. The van der Waals surface area contributed by atoms with E-state index in [4.69, 9.17) is 16.3 Å². The van der Waals surface area contributed by atoms with Crippen molar-refractivity contribution >= 4 is 11.6 Å². The minimum absolute atomic E-state index is 0.268. The number of hydrogen-bond acceptors (Lipinski definition) is 3. The van der Waals surface area contributed by atoms with Gasteiger partial charge in [-0.05, 0) is 36.5 Å². The van der Waals surface area contributed by atoms with Crippen molar-refractivity contribution < 1.29 is 9.13 Å². The van der Waals surface area contributed by atoms with Gasteiger partial charge in [0.2, 0.25) is 0 Å². The van der Waals surface area contributed by atoms with E-state index >= 15 is 0 Å². The van der Waals surface area contributed by atoms with Crippen LogP contribution in [0.3, 0.4) is 0 Å². The molecule has 3 rings (SSSR count). The summed E-state index contributed by atoms with van der Waals surface area (Å²) in [5.41, 5.74) is 1.06. The van der Waals surface area contributed by atoms with Gasteiger partial charge < -0.3 is 10.1 Å². The first-order valence-electron chi connectivity index (χ1n) is 7.73. The first kappa shape index (κ1) is 15.2. The molecule has 21 heavy (non-hydrogen) atoms. The van der Waals surface area contributed by atoms with E-state index in [1.54, 1.807) is 0 Å². The molecule has 0 aromatic heterocycles. The average molecular weight is 313 g/mol.